The summed E-state index contributed by atoms with van der Waals surface area (Å²) < 4.78 is 0. The van der Waals surface area contributed by atoms with Crippen LogP contribution in [0.4, 0.5) is 0 Å². The van der Waals surface area contributed by atoms with Crippen molar-refractivity contribution in [1.82, 2.24) is 0 Å². The number of fused-ring (bicyclic) bond motifs is 4. The molecule has 2 saturated carbocycles. The number of aliphatic hydroxyl groups excluding tert-OH is 4. The van der Waals surface area contributed by atoms with Crippen molar-refractivity contribution in [3.8, 4) is 0 Å². The zero-order valence-corrected chi connectivity index (χ0v) is 23.3. The lowest BCUT2D eigenvalue weighted by atomic mass is 9.43. The minimum atomic E-state index is -1.28. The van der Waals surface area contributed by atoms with Gasteiger partial charge in [0.2, 0.25) is 0 Å². The van der Waals surface area contributed by atoms with E-state index in [1.165, 1.54) is 0 Å². The van der Waals surface area contributed by atoms with E-state index in [0.29, 0.717) is 5.92 Å². The molecule has 0 saturated heterocycles. The van der Waals surface area contributed by atoms with E-state index < -0.39 is 17.8 Å². The highest BCUT2D eigenvalue weighted by Crippen LogP contribution is 2.72. The van der Waals surface area contributed by atoms with Gasteiger partial charge in [-0.1, -0.05) is 45.8 Å². The smallest absolute Gasteiger partial charge is 0.0850 e. The normalized spacial score (nSPS) is 43.7. The fourth-order valence-corrected chi connectivity index (χ4v) is 9.61. The van der Waals surface area contributed by atoms with Gasteiger partial charge in [-0.2, -0.15) is 0 Å². The minimum Gasteiger partial charge on any atom is -0.396 e. The first-order valence-electron chi connectivity index (χ1n) is 14.1. The first-order valence-corrected chi connectivity index (χ1v) is 14.1. The molecule has 0 aromatic carbocycles. The maximum Gasteiger partial charge on any atom is 0.0850 e. The summed E-state index contributed by atoms with van der Waals surface area (Å²) in [7, 11) is 0. The highest BCUT2D eigenvalue weighted by Gasteiger charge is 2.64. The van der Waals surface area contributed by atoms with Crippen molar-refractivity contribution in [2.45, 2.75) is 130 Å². The molecule has 5 nitrogen and oxygen atoms in total. The third-order valence-electron chi connectivity index (χ3n) is 12.3. The highest BCUT2D eigenvalue weighted by atomic mass is 16.3. The maximum atomic E-state index is 11.1. The lowest BCUT2D eigenvalue weighted by Gasteiger charge is -2.62. The summed E-state index contributed by atoms with van der Waals surface area (Å²) in [6, 6.07) is 0. The van der Waals surface area contributed by atoms with E-state index in [9.17, 15) is 25.5 Å². The lowest BCUT2D eigenvalue weighted by molar-refractivity contribution is -0.103. The van der Waals surface area contributed by atoms with Crippen molar-refractivity contribution in [3.63, 3.8) is 0 Å². The van der Waals surface area contributed by atoms with Gasteiger partial charge in [0, 0.05) is 18.9 Å². The van der Waals surface area contributed by atoms with Gasteiger partial charge >= 0.3 is 0 Å². The Bertz CT molecular complexity index is 842. The van der Waals surface area contributed by atoms with Crippen LogP contribution in [0.25, 0.3) is 0 Å². The van der Waals surface area contributed by atoms with Crippen molar-refractivity contribution in [3.05, 3.63) is 11.1 Å². The summed E-state index contributed by atoms with van der Waals surface area (Å²) in [5, 5.41) is 53.0. The van der Waals surface area contributed by atoms with Gasteiger partial charge in [0.1, 0.15) is 0 Å². The second-order valence-corrected chi connectivity index (χ2v) is 14.6. The van der Waals surface area contributed by atoms with Crippen LogP contribution in [0.2, 0.25) is 0 Å². The summed E-state index contributed by atoms with van der Waals surface area (Å²) in [6.45, 7) is 14.8. The molecule has 35 heavy (non-hydrogen) atoms. The standard InChI is InChI=1S/C30H52O5/c1-26(2)23-9-8-21-20(28(23,5)13-12-24(26)33)11-15-29(6)19(10-14-30(21,29)7)18(17-31)22(32)16-25(34)27(3,4)35/h18-19,22-25,31-35H,8-17H2,1-7H3/t18-,19+,22+,23-,24-,25+,28+,29+,30-/m0/s1. The summed E-state index contributed by atoms with van der Waals surface area (Å²) in [5.74, 6) is 0.361. The molecule has 5 heteroatoms. The highest BCUT2D eigenvalue weighted by molar-refractivity contribution is 5.38. The van der Waals surface area contributed by atoms with Crippen molar-refractivity contribution in [2.24, 2.45) is 39.4 Å². The van der Waals surface area contributed by atoms with Crippen LogP contribution in [0.3, 0.4) is 0 Å². The second kappa shape index (κ2) is 8.80. The molecule has 2 fully saturated rings. The largest absolute Gasteiger partial charge is 0.396 e. The van der Waals surface area contributed by atoms with Crippen LogP contribution in [0.1, 0.15) is 106 Å². The Hall–Kier alpha value is -0.460. The molecule has 9 atom stereocenters. The van der Waals surface area contributed by atoms with E-state index in [1.54, 1.807) is 25.0 Å². The van der Waals surface area contributed by atoms with Crippen LogP contribution in [-0.2, 0) is 0 Å². The molecule has 0 aromatic heterocycles. The molecular weight excluding hydrogens is 440 g/mol. The van der Waals surface area contributed by atoms with E-state index in [1.807, 2.05) is 0 Å². The molecule has 4 aliphatic rings. The van der Waals surface area contributed by atoms with E-state index in [2.05, 4.69) is 34.6 Å². The van der Waals surface area contributed by atoms with Crippen molar-refractivity contribution < 1.29 is 25.5 Å². The van der Waals surface area contributed by atoms with E-state index in [-0.39, 0.29) is 52.6 Å². The van der Waals surface area contributed by atoms with Gasteiger partial charge < -0.3 is 25.5 Å². The summed E-state index contributed by atoms with van der Waals surface area (Å²) >= 11 is 0. The third-order valence-corrected chi connectivity index (χ3v) is 12.3. The molecule has 0 spiro atoms. The zero-order chi connectivity index (χ0) is 26.2. The molecular formula is C30H52O5. The fraction of sp³-hybridized carbons (Fsp3) is 0.933. The fourth-order valence-electron chi connectivity index (χ4n) is 9.61. The third kappa shape index (κ3) is 3.98. The summed E-state index contributed by atoms with van der Waals surface area (Å²) in [6.07, 6.45) is 6.26. The molecule has 0 aromatic rings. The Labute approximate surface area is 213 Å². The Morgan fingerprint density at radius 1 is 0.914 bits per heavy atom. The molecule has 0 heterocycles. The number of hydrogen-bond acceptors (Lipinski definition) is 5. The zero-order valence-electron chi connectivity index (χ0n) is 23.3. The monoisotopic (exact) mass is 492 g/mol. The molecule has 0 amide bonds. The van der Waals surface area contributed by atoms with E-state index >= 15 is 0 Å². The summed E-state index contributed by atoms with van der Waals surface area (Å²) in [5.41, 5.74) is 2.11. The van der Waals surface area contributed by atoms with Gasteiger partial charge in [-0.3, -0.25) is 0 Å². The van der Waals surface area contributed by atoms with Gasteiger partial charge in [-0.05, 0) is 98.7 Å². The molecule has 4 rings (SSSR count). The number of aliphatic hydroxyl groups is 5. The number of rotatable bonds is 6. The maximum absolute atomic E-state index is 11.1. The summed E-state index contributed by atoms with van der Waals surface area (Å²) in [4.78, 5) is 0. The molecule has 0 radical (unpaired) electrons. The average Bonchev–Trinajstić information content (AvgIpc) is 3.03. The molecule has 5 N–H and O–H groups in total. The van der Waals surface area contributed by atoms with Gasteiger partial charge in [-0.15, -0.1) is 0 Å². The second-order valence-electron chi connectivity index (χ2n) is 14.6. The predicted molar refractivity (Wildman–Crippen MR) is 139 cm³/mol. The quantitative estimate of drug-likeness (QED) is 0.349. The first kappa shape index (κ1) is 27.6. The van der Waals surface area contributed by atoms with Gasteiger partial charge in [-0.25, -0.2) is 0 Å². The predicted octanol–water partition coefficient (Wildman–Crippen LogP) is 4.59. The molecule has 0 bridgehead atoms. The van der Waals surface area contributed by atoms with Crippen LogP contribution < -0.4 is 0 Å². The van der Waals surface area contributed by atoms with Crippen LogP contribution >= 0.6 is 0 Å². The van der Waals surface area contributed by atoms with Crippen molar-refractivity contribution >= 4 is 0 Å². The van der Waals surface area contributed by atoms with Crippen molar-refractivity contribution in [1.29, 1.82) is 0 Å². The Balaban J connectivity index is 1.65. The Kier molecular flexibility index (Phi) is 6.93. The average molecular weight is 493 g/mol. The first-order chi connectivity index (χ1) is 16.0. The van der Waals surface area contributed by atoms with Gasteiger partial charge in [0.05, 0.1) is 23.9 Å². The van der Waals surface area contributed by atoms with Crippen LogP contribution in [0.5, 0.6) is 0 Å². The van der Waals surface area contributed by atoms with Crippen molar-refractivity contribution in [2.75, 3.05) is 6.61 Å². The van der Waals surface area contributed by atoms with E-state index in [0.717, 1.165) is 51.4 Å². The Morgan fingerprint density at radius 2 is 1.57 bits per heavy atom. The lowest BCUT2D eigenvalue weighted by Crippen LogP contribution is -2.55. The Morgan fingerprint density at radius 3 is 2.17 bits per heavy atom. The number of allylic oxidation sites excluding steroid dienone is 2. The molecule has 202 valence electrons. The van der Waals surface area contributed by atoms with E-state index in [4.69, 9.17) is 0 Å². The number of hydrogen-bond donors (Lipinski definition) is 5. The van der Waals surface area contributed by atoms with Gasteiger partial charge in [0.25, 0.3) is 0 Å². The topological polar surface area (TPSA) is 101 Å². The molecule has 0 unspecified atom stereocenters. The van der Waals surface area contributed by atoms with Gasteiger partial charge in [0.15, 0.2) is 0 Å². The molecule has 0 aliphatic heterocycles. The minimum absolute atomic E-state index is 0.0210. The van der Waals surface area contributed by atoms with Crippen LogP contribution in [0.15, 0.2) is 11.1 Å². The van der Waals surface area contributed by atoms with Crippen LogP contribution in [-0.4, -0.2) is 56.1 Å². The SMILES string of the molecule is CC(C)(O)[C@H](O)C[C@@H](O)[C@@H](CO)[C@H]1CC[C@@]2(C)C3=C(CC[C@]12C)[C@@]1(C)CC[C@H](O)C(C)(C)[C@@H]1CC3. The van der Waals surface area contributed by atoms with Crippen LogP contribution in [0, 0.1) is 39.4 Å². The molecule has 4 aliphatic carbocycles.